The average molecular weight is 288 g/mol. The quantitative estimate of drug-likeness (QED) is 0.230. The predicted octanol–water partition coefficient (Wildman–Crippen LogP) is -0.500. The molecule has 7 nitrogen and oxygen atoms in total. The number of amides is 1. The molecule has 0 spiro atoms. The first kappa shape index (κ1) is 16.4. The number of nitrogens with one attached hydrogen (secondary N) is 1. The molecule has 0 saturated heterocycles. The van der Waals surface area contributed by atoms with Gasteiger partial charge in [0.2, 0.25) is 12.2 Å². The fourth-order valence-corrected chi connectivity index (χ4v) is 1.70. The molecule has 0 heterocycles. The molecule has 0 bridgehead atoms. The predicted molar refractivity (Wildman–Crippen MR) is 75.4 cm³/mol. The molecule has 0 aliphatic carbocycles. The molecule has 2 atom stereocenters. The number of benzene rings is 1. The minimum absolute atomic E-state index is 0.120. The van der Waals surface area contributed by atoms with Crippen molar-refractivity contribution >= 4 is 23.7 Å². The summed E-state index contributed by atoms with van der Waals surface area (Å²) in [6.07, 6.45) is 0.442. The van der Waals surface area contributed by atoms with Crippen LogP contribution in [0.3, 0.4) is 0 Å². The van der Waals surface area contributed by atoms with E-state index in [0.29, 0.717) is 6.42 Å². The van der Waals surface area contributed by atoms with Crippen LogP contribution in [-0.4, -0.2) is 40.6 Å². The van der Waals surface area contributed by atoms with Crippen LogP contribution in [-0.2, 0) is 20.8 Å². The Hall–Kier alpha value is -2.63. The lowest BCUT2D eigenvalue weighted by molar-refractivity contribution is -0.128. The van der Waals surface area contributed by atoms with Crippen LogP contribution in [0.4, 0.5) is 0 Å². The number of hydrogen-bond acceptors (Lipinski definition) is 4. The van der Waals surface area contributed by atoms with Crippen LogP contribution in [0, 0.1) is 0 Å². The highest BCUT2D eigenvalue weighted by molar-refractivity contribution is 6.59. The molecule has 0 aliphatic rings. The lowest BCUT2D eigenvalue weighted by Crippen LogP contribution is -2.49. The van der Waals surface area contributed by atoms with Crippen LogP contribution in [0.2, 0.25) is 0 Å². The van der Waals surface area contributed by atoms with Crippen LogP contribution in [0.15, 0.2) is 30.3 Å². The first-order valence-corrected chi connectivity index (χ1v) is 6.31. The molecule has 110 valence electrons. The van der Waals surface area contributed by atoms with Crippen LogP contribution in [0.25, 0.3) is 5.53 Å². The second-order valence-corrected chi connectivity index (χ2v) is 4.49. The maximum Gasteiger partial charge on any atom is 0.399 e. The minimum atomic E-state index is -1.00. The molecule has 7 heteroatoms. The first-order valence-electron chi connectivity index (χ1n) is 6.31. The largest absolute Gasteiger partial charge is 0.399 e. The lowest BCUT2D eigenvalue weighted by atomic mass is 10.0. The molecular formula is C14H16N4O3. The number of nitrogens with two attached hydrogens (primary N) is 1. The van der Waals surface area contributed by atoms with Gasteiger partial charge in [0.05, 0.1) is 12.1 Å². The Morgan fingerprint density at radius 2 is 2.00 bits per heavy atom. The maximum atomic E-state index is 11.9. The molecule has 0 saturated carbocycles. The number of carbonyl (C=O) groups is 3. The van der Waals surface area contributed by atoms with Crippen LogP contribution in [0.1, 0.15) is 12.5 Å². The summed E-state index contributed by atoms with van der Waals surface area (Å²) in [5.74, 6) is -1.31. The van der Waals surface area contributed by atoms with E-state index in [0.717, 1.165) is 5.56 Å². The maximum absolute atomic E-state index is 11.9. The zero-order chi connectivity index (χ0) is 15.8. The smallest absolute Gasteiger partial charge is 0.360 e. The molecule has 1 aromatic carbocycles. The number of rotatable bonds is 7. The van der Waals surface area contributed by atoms with Gasteiger partial charge in [0.25, 0.3) is 5.78 Å². The number of carbonyl (C=O) groups excluding carboxylic acids is 3. The second-order valence-electron chi connectivity index (χ2n) is 4.49. The Bertz CT molecular complexity index is 579. The third-order valence-corrected chi connectivity index (χ3v) is 2.86. The summed E-state index contributed by atoms with van der Waals surface area (Å²) >= 11 is 0. The van der Waals surface area contributed by atoms with Crippen molar-refractivity contribution in [1.82, 2.24) is 5.32 Å². The van der Waals surface area contributed by atoms with Gasteiger partial charge in [-0.15, -0.1) is 0 Å². The average Bonchev–Trinajstić information content (AvgIpc) is 2.49. The number of ketones is 1. The highest BCUT2D eigenvalue weighted by Gasteiger charge is 2.28. The van der Waals surface area contributed by atoms with Gasteiger partial charge >= 0.3 is 5.71 Å². The molecular weight excluding hydrogens is 272 g/mol. The Morgan fingerprint density at radius 3 is 2.52 bits per heavy atom. The Labute approximate surface area is 121 Å². The summed E-state index contributed by atoms with van der Waals surface area (Å²) in [7, 11) is 0. The van der Waals surface area contributed by atoms with Gasteiger partial charge in [-0.1, -0.05) is 30.3 Å². The highest BCUT2D eigenvalue weighted by atomic mass is 16.2. The van der Waals surface area contributed by atoms with Crippen molar-refractivity contribution in [1.29, 1.82) is 0 Å². The van der Waals surface area contributed by atoms with Gasteiger partial charge in [0.1, 0.15) is 0 Å². The van der Waals surface area contributed by atoms with Gasteiger partial charge in [0, 0.05) is 0 Å². The Morgan fingerprint density at radius 1 is 1.38 bits per heavy atom. The first-order chi connectivity index (χ1) is 9.99. The van der Waals surface area contributed by atoms with Crippen molar-refractivity contribution in [2.24, 2.45) is 5.73 Å². The van der Waals surface area contributed by atoms with E-state index in [9.17, 15) is 14.4 Å². The van der Waals surface area contributed by atoms with Gasteiger partial charge in [-0.3, -0.25) is 14.4 Å². The van der Waals surface area contributed by atoms with Crippen molar-refractivity contribution in [3.63, 3.8) is 0 Å². The summed E-state index contributed by atoms with van der Waals surface area (Å²) in [5.41, 5.74) is 14.5. The van der Waals surface area contributed by atoms with E-state index in [1.807, 2.05) is 30.3 Å². The van der Waals surface area contributed by atoms with Crippen molar-refractivity contribution in [3.05, 3.63) is 41.4 Å². The standard InChI is InChI=1S/C14H16N4O3/c1-9(13(20)12(8-19)18-16)17-14(21)11(15)7-10-5-3-2-4-6-10/h2-6,8-9,11H,7,15H2,1H3,(H,17,21)/t9-,11+/m0/s1. The summed E-state index contributed by atoms with van der Waals surface area (Å²) < 4.78 is 0. The zero-order valence-corrected chi connectivity index (χ0v) is 11.5. The fourth-order valence-electron chi connectivity index (χ4n) is 1.70. The van der Waals surface area contributed by atoms with Gasteiger partial charge in [-0.2, -0.15) is 4.79 Å². The van der Waals surface area contributed by atoms with E-state index < -0.39 is 29.5 Å². The van der Waals surface area contributed by atoms with E-state index in [-0.39, 0.29) is 6.29 Å². The Kier molecular flexibility index (Phi) is 6.13. The summed E-state index contributed by atoms with van der Waals surface area (Å²) in [6, 6.07) is 7.37. The van der Waals surface area contributed by atoms with Crippen LogP contribution >= 0.6 is 0 Å². The zero-order valence-electron chi connectivity index (χ0n) is 11.5. The van der Waals surface area contributed by atoms with E-state index in [1.54, 1.807) is 0 Å². The molecule has 0 radical (unpaired) electrons. The van der Waals surface area contributed by atoms with Crippen molar-refractivity contribution in [2.45, 2.75) is 25.4 Å². The number of nitrogens with zero attached hydrogens (tertiary/aromatic N) is 2. The van der Waals surface area contributed by atoms with E-state index in [2.05, 4.69) is 10.1 Å². The summed E-state index contributed by atoms with van der Waals surface area (Å²) in [5, 5.41) is 2.38. The van der Waals surface area contributed by atoms with Crippen molar-refractivity contribution in [2.75, 3.05) is 0 Å². The number of hydrogen-bond donors (Lipinski definition) is 2. The normalized spacial score (nSPS) is 12.7. The van der Waals surface area contributed by atoms with Crippen molar-refractivity contribution < 1.29 is 19.2 Å². The summed E-state index contributed by atoms with van der Waals surface area (Å²) in [4.78, 5) is 36.6. The van der Waals surface area contributed by atoms with Gasteiger partial charge in [0.15, 0.2) is 0 Å². The lowest BCUT2D eigenvalue weighted by Gasteiger charge is -2.15. The van der Waals surface area contributed by atoms with Gasteiger partial charge < -0.3 is 16.6 Å². The molecule has 0 fully saturated rings. The van der Waals surface area contributed by atoms with E-state index in [1.165, 1.54) is 6.92 Å². The fraction of sp³-hybridized carbons (Fsp3) is 0.286. The molecule has 0 aromatic heterocycles. The van der Waals surface area contributed by atoms with E-state index >= 15 is 0 Å². The molecule has 3 N–H and O–H groups in total. The van der Waals surface area contributed by atoms with E-state index in [4.69, 9.17) is 11.3 Å². The highest BCUT2D eigenvalue weighted by Crippen LogP contribution is 2.02. The van der Waals surface area contributed by atoms with Crippen LogP contribution < -0.4 is 11.1 Å². The monoisotopic (exact) mass is 288 g/mol. The second kappa shape index (κ2) is 7.84. The third-order valence-electron chi connectivity index (χ3n) is 2.86. The van der Waals surface area contributed by atoms with Crippen LogP contribution in [0.5, 0.6) is 0 Å². The summed E-state index contributed by atoms with van der Waals surface area (Å²) in [6.45, 7) is 1.38. The molecule has 1 rings (SSSR count). The Balaban J connectivity index is 2.62. The molecule has 1 aromatic rings. The SMILES string of the molecule is C[C@H](NC(=O)[C@H](N)Cc1ccccc1)C(=O)C(C=O)=[N+]=[N-]. The van der Waals surface area contributed by atoms with Crippen molar-refractivity contribution in [3.8, 4) is 0 Å². The third kappa shape index (κ3) is 4.76. The molecule has 0 aliphatic heterocycles. The number of aldehydes is 1. The number of Topliss-reactive ketones (excluding diaryl/α,β-unsaturated/α-hetero) is 1. The minimum Gasteiger partial charge on any atom is -0.360 e. The molecule has 1 amide bonds. The molecule has 21 heavy (non-hydrogen) atoms. The van der Waals surface area contributed by atoms with Gasteiger partial charge in [-0.25, -0.2) is 0 Å². The molecule has 0 unspecified atom stereocenters. The topological polar surface area (TPSA) is 126 Å². The van der Waals surface area contributed by atoms with Gasteiger partial charge in [-0.05, 0) is 18.9 Å².